The molecule has 13 nitrogen and oxygen atoms in total. The zero-order valence-electron chi connectivity index (χ0n) is 18.3. The summed E-state index contributed by atoms with van der Waals surface area (Å²) in [5.41, 5.74) is 6.13. The highest BCUT2D eigenvalue weighted by atomic mass is 32.2. The summed E-state index contributed by atoms with van der Waals surface area (Å²) in [6.07, 6.45) is 4.17. The van der Waals surface area contributed by atoms with Crippen molar-refractivity contribution in [2.45, 2.75) is 21.1 Å². The maximum atomic E-state index is 12.0. The Morgan fingerprint density at radius 2 is 1.46 bits per heavy atom. The molecule has 16 heteroatoms. The number of anilines is 1. The normalized spacial score (nSPS) is 14.5. The molecule has 0 unspecified atom stereocenters. The summed E-state index contributed by atoms with van der Waals surface area (Å²) in [7, 11) is -14.4. The molecule has 6 N–H and O–H groups in total. The van der Waals surface area contributed by atoms with Gasteiger partial charge in [0.2, 0.25) is 0 Å². The Labute approximate surface area is 210 Å². The Morgan fingerprint density at radius 1 is 0.811 bits per heavy atom. The molecule has 0 aliphatic heterocycles. The Balaban J connectivity index is 1.88. The fraction of sp³-hybridized carbons (Fsp3) is 0.0476. The average Bonchev–Trinajstić information content (AvgIpc) is 2.98. The highest BCUT2D eigenvalue weighted by molar-refractivity contribution is 7.86. The van der Waals surface area contributed by atoms with Gasteiger partial charge in [0.25, 0.3) is 30.4 Å². The zero-order valence-corrected chi connectivity index (χ0v) is 20.8. The Morgan fingerprint density at radius 3 is 2.08 bits per heavy atom. The van der Waals surface area contributed by atoms with Crippen LogP contribution in [0.2, 0.25) is 0 Å². The van der Waals surface area contributed by atoms with Gasteiger partial charge in [-0.3, -0.25) is 13.7 Å². The predicted octanol–water partition coefficient (Wildman–Crippen LogP) is 3.10. The number of phenols is 1. The molecule has 0 saturated heterocycles. The predicted molar refractivity (Wildman–Crippen MR) is 131 cm³/mol. The highest BCUT2D eigenvalue weighted by Gasteiger charge is 2.24. The van der Waals surface area contributed by atoms with E-state index >= 15 is 0 Å². The summed E-state index contributed by atoms with van der Waals surface area (Å²) in [6, 6.07) is 6.26. The van der Waals surface area contributed by atoms with Crippen LogP contribution in [0, 0.1) is 0 Å². The fourth-order valence-corrected chi connectivity index (χ4v) is 5.60. The second kappa shape index (κ2) is 9.02. The maximum absolute atomic E-state index is 12.0. The first-order chi connectivity index (χ1) is 17.1. The van der Waals surface area contributed by atoms with Crippen molar-refractivity contribution in [2.75, 3.05) is 5.73 Å². The summed E-state index contributed by atoms with van der Waals surface area (Å²) in [5, 5.41) is 18.6. The molecule has 1 aliphatic rings. The van der Waals surface area contributed by atoms with Crippen LogP contribution in [-0.2, 0) is 36.8 Å². The van der Waals surface area contributed by atoms with E-state index in [1.165, 1.54) is 30.4 Å². The van der Waals surface area contributed by atoms with Gasteiger partial charge in [-0.1, -0.05) is 6.08 Å². The molecule has 0 spiro atoms. The van der Waals surface area contributed by atoms with E-state index in [4.69, 9.17) is 5.73 Å². The molecular formula is C21H17N3O10S3. The molecule has 0 amide bonds. The molecule has 1 aliphatic carbocycles. The van der Waals surface area contributed by atoms with E-state index in [1.54, 1.807) is 0 Å². The average molecular weight is 568 g/mol. The van der Waals surface area contributed by atoms with Crippen LogP contribution in [0.25, 0.3) is 16.8 Å². The van der Waals surface area contributed by atoms with Crippen LogP contribution < -0.4 is 5.73 Å². The van der Waals surface area contributed by atoms with Crippen molar-refractivity contribution in [3.63, 3.8) is 0 Å². The second-order valence-electron chi connectivity index (χ2n) is 7.83. The van der Waals surface area contributed by atoms with Crippen LogP contribution in [0.1, 0.15) is 11.1 Å². The number of phenolic OH excluding ortho intramolecular Hbond substituents is 1. The van der Waals surface area contributed by atoms with Crippen LogP contribution in [0.3, 0.4) is 0 Å². The van der Waals surface area contributed by atoms with E-state index in [0.717, 1.165) is 18.2 Å². The molecule has 0 heterocycles. The van der Waals surface area contributed by atoms with Crippen molar-refractivity contribution in [2.24, 2.45) is 10.2 Å². The van der Waals surface area contributed by atoms with Gasteiger partial charge >= 0.3 is 0 Å². The Bertz CT molecular complexity index is 1890. The zero-order chi connectivity index (χ0) is 27.3. The first-order valence-electron chi connectivity index (χ1n) is 10.0. The molecule has 0 atom stereocenters. The van der Waals surface area contributed by atoms with Crippen molar-refractivity contribution in [1.29, 1.82) is 0 Å². The summed E-state index contributed by atoms with van der Waals surface area (Å²) >= 11 is 0. The minimum atomic E-state index is -4.93. The van der Waals surface area contributed by atoms with Crippen molar-refractivity contribution < 1.29 is 44.0 Å². The third kappa shape index (κ3) is 5.38. The minimum absolute atomic E-state index is 0.0146. The maximum Gasteiger partial charge on any atom is 0.295 e. The molecule has 0 radical (unpaired) electrons. The summed E-state index contributed by atoms with van der Waals surface area (Å²) in [4.78, 5) is -2.09. The van der Waals surface area contributed by atoms with E-state index in [-0.39, 0.29) is 45.4 Å². The molecule has 0 saturated carbocycles. The van der Waals surface area contributed by atoms with Gasteiger partial charge < -0.3 is 10.8 Å². The molecule has 0 aromatic heterocycles. The quantitative estimate of drug-likeness (QED) is 0.171. The van der Waals surface area contributed by atoms with Crippen LogP contribution in [0.5, 0.6) is 5.75 Å². The van der Waals surface area contributed by atoms with Crippen LogP contribution in [0.15, 0.2) is 79.2 Å². The fourth-order valence-electron chi connectivity index (χ4n) is 3.70. The molecule has 4 rings (SSSR count). The summed E-state index contributed by atoms with van der Waals surface area (Å²) in [6.45, 7) is 0. The van der Waals surface area contributed by atoms with E-state index in [2.05, 4.69) is 10.2 Å². The van der Waals surface area contributed by atoms with Gasteiger partial charge in [-0.15, -0.1) is 5.11 Å². The van der Waals surface area contributed by atoms with Crippen LogP contribution in [0.4, 0.5) is 11.4 Å². The first-order valence-corrected chi connectivity index (χ1v) is 14.3. The van der Waals surface area contributed by atoms with E-state index in [1.807, 2.05) is 0 Å². The van der Waals surface area contributed by atoms with Gasteiger partial charge in [0.15, 0.2) is 0 Å². The minimum Gasteiger partial charge on any atom is -0.507 e. The number of hydrogen-bond acceptors (Lipinski definition) is 10. The van der Waals surface area contributed by atoms with Gasteiger partial charge in [-0.25, -0.2) is 0 Å². The molecule has 37 heavy (non-hydrogen) atoms. The molecular weight excluding hydrogens is 550 g/mol. The molecule has 3 aromatic rings. The number of rotatable bonds is 5. The van der Waals surface area contributed by atoms with E-state index < -0.39 is 50.8 Å². The number of aromatic hydroxyl groups is 1. The van der Waals surface area contributed by atoms with Crippen molar-refractivity contribution in [3.05, 3.63) is 65.4 Å². The number of nitrogens with two attached hydrogens (primary N) is 1. The van der Waals surface area contributed by atoms with Gasteiger partial charge in [-0.2, -0.15) is 30.4 Å². The van der Waals surface area contributed by atoms with Crippen LogP contribution >= 0.6 is 0 Å². The smallest absolute Gasteiger partial charge is 0.295 e. The van der Waals surface area contributed by atoms with Gasteiger partial charge in [-0.05, 0) is 54.5 Å². The number of allylic oxidation sites excluding steroid dienone is 2. The molecule has 0 fully saturated rings. The Hall–Kier alpha value is -3.67. The van der Waals surface area contributed by atoms with Crippen molar-refractivity contribution in [3.8, 4) is 5.75 Å². The van der Waals surface area contributed by atoms with Crippen molar-refractivity contribution in [1.82, 2.24) is 0 Å². The largest absolute Gasteiger partial charge is 0.507 e. The lowest BCUT2D eigenvalue weighted by atomic mass is 10.1. The monoisotopic (exact) mass is 567 g/mol. The lowest BCUT2D eigenvalue weighted by molar-refractivity contribution is 0.471. The number of nitrogens with zero attached hydrogens (tertiary/aromatic N) is 2. The third-order valence-electron chi connectivity index (χ3n) is 5.35. The molecule has 194 valence electrons. The Kier molecular flexibility index (Phi) is 6.43. The van der Waals surface area contributed by atoms with Gasteiger partial charge in [0.1, 0.15) is 10.6 Å². The molecule has 0 bridgehead atoms. The number of nitrogen functional groups attached to an aromatic ring is 1. The van der Waals surface area contributed by atoms with E-state index in [9.17, 15) is 44.0 Å². The number of hydrogen-bond donors (Lipinski definition) is 5. The lowest BCUT2D eigenvalue weighted by Crippen LogP contribution is -2.08. The second-order valence-corrected chi connectivity index (χ2v) is 12.1. The first kappa shape index (κ1) is 26.4. The van der Waals surface area contributed by atoms with Crippen LogP contribution in [-0.4, -0.2) is 44.0 Å². The van der Waals surface area contributed by atoms with Gasteiger partial charge in [0.05, 0.1) is 26.6 Å². The molecule has 3 aromatic carbocycles. The summed E-state index contributed by atoms with van der Waals surface area (Å²) < 4.78 is 98.4. The third-order valence-corrected chi connectivity index (χ3v) is 7.90. The SMILES string of the molecule is Nc1ccc(N=NC2=Cc3c(cc(S(=O)(=O)O)cc3S(=O)(=O)O)CC=C2)c2c(O)cc(S(=O)(=O)O)cc12. The highest BCUT2D eigenvalue weighted by Crippen LogP contribution is 2.39. The number of fused-ring (bicyclic) bond motifs is 2. The van der Waals surface area contributed by atoms with E-state index in [0.29, 0.717) is 6.07 Å². The number of benzene rings is 3. The van der Waals surface area contributed by atoms with Gasteiger partial charge in [0, 0.05) is 22.7 Å². The lowest BCUT2D eigenvalue weighted by Gasteiger charge is -2.10. The van der Waals surface area contributed by atoms with Crippen molar-refractivity contribution >= 4 is 58.6 Å². The number of azo groups is 1. The topological polar surface area (TPSA) is 234 Å². The summed E-state index contributed by atoms with van der Waals surface area (Å²) in [5.74, 6) is -0.562. The standard InChI is InChI=1S/C21H17N3O10S3/c22-17-4-5-18(21-16(17)8-14(9-19(21)25)36(29,30)31)24-23-12-3-1-2-11-6-13(35(26,27)28)10-20(15(11)7-12)37(32,33)34/h1,3-10,25H,2,22H2,(H,26,27,28)(H,29,30,31)(H,32,33,34).